The minimum Gasteiger partial charge on any atom is -0.353 e. The molecule has 1 aliphatic rings. The molecule has 28 heavy (non-hydrogen) atoms. The van der Waals surface area contributed by atoms with E-state index in [0.717, 1.165) is 65.7 Å². The van der Waals surface area contributed by atoms with Crippen LogP contribution in [0.5, 0.6) is 0 Å². The molecule has 0 amide bonds. The maximum atomic E-state index is 6.24. The number of nitrogens with zero attached hydrogens (tertiary/aromatic N) is 5. The van der Waals surface area contributed by atoms with Crippen molar-refractivity contribution in [2.75, 3.05) is 41.3 Å². The Hall–Kier alpha value is -2.86. The molecule has 4 rings (SSSR count). The Morgan fingerprint density at radius 3 is 2.36 bits per heavy atom. The van der Waals surface area contributed by atoms with E-state index in [1.165, 1.54) is 0 Å². The van der Waals surface area contributed by atoms with Gasteiger partial charge >= 0.3 is 0 Å². The third kappa shape index (κ3) is 4.02. The van der Waals surface area contributed by atoms with Crippen LogP contribution in [0, 0.1) is 13.8 Å². The van der Waals surface area contributed by atoms with Crippen molar-refractivity contribution >= 4 is 34.7 Å². The van der Waals surface area contributed by atoms with Gasteiger partial charge in [-0.2, -0.15) is 0 Å². The highest BCUT2D eigenvalue weighted by molar-refractivity contribution is 6.31. The molecule has 1 aliphatic heterocycles. The Morgan fingerprint density at radius 1 is 0.893 bits per heavy atom. The van der Waals surface area contributed by atoms with Crippen LogP contribution in [-0.4, -0.2) is 41.1 Å². The van der Waals surface area contributed by atoms with E-state index in [2.05, 4.69) is 36.1 Å². The number of pyridine rings is 1. The van der Waals surface area contributed by atoms with Crippen LogP contribution >= 0.6 is 11.6 Å². The van der Waals surface area contributed by atoms with E-state index in [9.17, 15) is 0 Å². The third-order valence-corrected chi connectivity index (χ3v) is 5.34. The quantitative estimate of drug-likeness (QED) is 0.715. The van der Waals surface area contributed by atoms with Crippen LogP contribution in [-0.2, 0) is 0 Å². The average molecular weight is 395 g/mol. The van der Waals surface area contributed by atoms with E-state index < -0.39 is 0 Å². The van der Waals surface area contributed by atoms with Gasteiger partial charge in [0.25, 0.3) is 0 Å². The Labute approximate surface area is 170 Å². The van der Waals surface area contributed by atoms with Crippen LogP contribution in [0.2, 0.25) is 5.02 Å². The molecule has 1 saturated heterocycles. The summed E-state index contributed by atoms with van der Waals surface area (Å²) < 4.78 is 0. The normalized spacial score (nSPS) is 14.2. The molecule has 3 heterocycles. The summed E-state index contributed by atoms with van der Waals surface area (Å²) in [5.74, 6) is 3.49. The summed E-state index contributed by atoms with van der Waals surface area (Å²) in [5.41, 5.74) is 1.96. The van der Waals surface area contributed by atoms with E-state index in [-0.39, 0.29) is 0 Å². The van der Waals surface area contributed by atoms with Gasteiger partial charge in [-0.1, -0.05) is 23.7 Å². The van der Waals surface area contributed by atoms with Gasteiger partial charge in [0.1, 0.15) is 23.3 Å². The van der Waals surface area contributed by atoms with E-state index in [0.29, 0.717) is 0 Å². The molecule has 2 aromatic heterocycles. The Kier molecular flexibility index (Phi) is 5.30. The largest absolute Gasteiger partial charge is 0.353 e. The van der Waals surface area contributed by atoms with Gasteiger partial charge in [0.15, 0.2) is 0 Å². The molecule has 144 valence electrons. The van der Waals surface area contributed by atoms with E-state index in [1.807, 2.05) is 56.4 Å². The second kappa shape index (κ2) is 8.02. The number of aryl methyl sites for hydroxylation is 1. The maximum absolute atomic E-state index is 6.24. The van der Waals surface area contributed by atoms with Crippen LogP contribution in [0.1, 0.15) is 11.4 Å². The minimum absolute atomic E-state index is 0.738. The van der Waals surface area contributed by atoms with E-state index in [1.54, 1.807) is 0 Å². The van der Waals surface area contributed by atoms with Crippen LogP contribution in [0.3, 0.4) is 0 Å². The molecular formula is C21H23ClN6. The smallest absolute Gasteiger partial charge is 0.136 e. The molecule has 0 unspecified atom stereocenters. The molecular weight excluding hydrogens is 372 g/mol. The topological polar surface area (TPSA) is 57.2 Å². The lowest BCUT2D eigenvalue weighted by atomic mass is 10.2. The van der Waals surface area contributed by atoms with E-state index >= 15 is 0 Å². The third-order valence-electron chi connectivity index (χ3n) is 4.93. The number of halogens is 1. The van der Waals surface area contributed by atoms with Gasteiger partial charge in [-0.05, 0) is 43.7 Å². The zero-order valence-electron chi connectivity index (χ0n) is 16.1. The second-order valence-electron chi connectivity index (χ2n) is 6.86. The molecule has 1 fully saturated rings. The number of nitrogens with one attached hydrogen (secondary N) is 1. The first-order valence-electron chi connectivity index (χ1n) is 9.39. The van der Waals surface area contributed by atoms with Crippen LogP contribution in [0.15, 0.2) is 48.7 Å². The summed E-state index contributed by atoms with van der Waals surface area (Å²) in [6.45, 7) is 7.53. The number of benzene rings is 1. The first kappa shape index (κ1) is 18.5. The Bertz CT molecular complexity index is 954. The van der Waals surface area contributed by atoms with Gasteiger partial charge in [0.05, 0.1) is 0 Å². The maximum Gasteiger partial charge on any atom is 0.136 e. The molecule has 0 bridgehead atoms. The second-order valence-corrected chi connectivity index (χ2v) is 7.27. The van der Waals surface area contributed by atoms with Crippen molar-refractivity contribution < 1.29 is 0 Å². The highest BCUT2D eigenvalue weighted by Gasteiger charge is 2.20. The lowest BCUT2D eigenvalue weighted by molar-refractivity contribution is 0.640. The van der Waals surface area contributed by atoms with Crippen molar-refractivity contribution in [1.29, 1.82) is 0 Å². The zero-order chi connectivity index (χ0) is 19.5. The summed E-state index contributed by atoms with van der Waals surface area (Å²) >= 11 is 6.24. The summed E-state index contributed by atoms with van der Waals surface area (Å²) in [6, 6.07) is 13.9. The van der Waals surface area contributed by atoms with Crippen molar-refractivity contribution in [2.24, 2.45) is 0 Å². The van der Waals surface area contributed by atoms with Crippen molar-refractivity contribution in [3.63, 3.8) is 0 Å². The van der Waals surface area contributed by atoms with Crippen molar-refractivity contribution in [3.8, 4) is 0 Å². The van der Waals surface area contributed by atoms with Gasteiger partial charge in [-0.3, -0.25) is 0 Å². The van der Waals surface area contributed by atoms with Gasteiger partial charge in [-0.15, -0.1) is 0 Å². The number of aromatic nitrogens is 3. The predicted molar refractivity (Wildman–Crippen MR) is 115 cm³/mol. The molecule has 7 heteroatoms. The predicted octanol–water partition coefficient (Wildman–Crippen LogP) is 4.21. The van der Waals surface area contributed by atoms with Gasteiger partial charge in [0, 0.05) is 49.2 Å². The van der Waals surface area contributed by atoms with Crippen LogP contribution < -0.4 is 15.1 Å². The fourth-order valence-electron chi connectivity index (χ4n) is 3.36. The summed E-state index contributed by atoms with van der Waals surface area (Å²) in [7, 11) is 0. The number of hydrogen-bond acceptors (Lipinski definition) is 6. The zero-order valence-corrected chi connectivity index (χ0v) is 16.8. The van der Waals surface area contributed by atoms with Gasteiger partial charge in [-0.25, -0.2) is 15.0 Å². The van der Waals surface area contributed by atoms with Crippen molar-refractivity contribution in [2.45, 2.75) is 13.8 Å². The summed E-state index contributed by atoms with van der Waals surface area (Å²) in [6.07, 6.45) is 1.84. The lowest BCUT2D eigenvalue weighted by Gasteiger charge is -2.36. The van der Waals surface area contributed by atoms with Gasteiger partial charge < -0.3 is 15.1 Å². The molecule has 1 N–H and O–H groups in total. The molecule has 6 nitrogen and oxygen atoms in total. The molecule has 3 aromatic rings. The Morgan fingerprint density at radius 2 is 1.64 bits per heavy atom. The molecule has 1 aromatic carbocycles. The fourth-order valence-corrected chi connectivity index (χ4v) is 3.54. The van der Waals surface area contributed by atoms with Crippen molar-refractivity contribution in [3.05, 3.63) is 65.1 Å². The standard InChI is InChI=1S/C21H23ClN6/c1-15-17(22)6-5-7-18(15)26-19-14-21(25-16(2)24-19)28-12-10-27(11-13-28)20-8-3-4-9-23-20/h3-9,14H,10-13H2,1-2H3,(H,24,25,26). The van der Waals surface area contributed by atoms with Crippen LogP contribution in [0.4, 0.5) is 23.1 Å². The summed E-state index contributed by atoms with van der Waals surface area (Å²) in [5, 5.41) is 4.12. The average Bonchev–Trinajstić information content (AvgIpc) is 2.72. The van der Waals surface area contributed by atoms with Gasteiger partial charge in [0.2, 0.25) is 0 Å². The number of hydrogen-bond donors (Lipinski definition) is 1. The molecule has 0 atom stereocenters. The number of piperazine rings is 1. The summed E-state index contributed by atoms with van der Waals surface area (Å²) in [4.78, 5) is 18.2. The monoisotopic (exact) mass is 394 g/mol. The molecule has 0 spiro atoms. The molecule has 0 radical (unpaired) electrons. The number of anilines is 4. The molecule has 0 saturated carbocycles. The highest BCUT2D eigenvalue weighted by atomic mass is 35.5. The van der Waals surface area contributed by atoms with Crippen LogP contribution in [0.25, 0.3) is 0 Å². The number of rotatable bonds is 4. The fraction of sp³-hybridized carbons (Fsp3) is 0.286. The first-order valence-corrected chi connectivity index (χ1v) is 9.77. The lowest BCUT2D eigenvalue weighted by Crippen LogP contribution is -2.47. The molecule has 0 aliphatic carbocycles. The Balaban J connectivity index is 1.49. The SMILES string of the molecule is Cc1nc(Nc2cccc(Cl)c2C)cc(N2CCN(c3ccccn3)CC2)n1. The highest BCUT2D eigenvalue weighted by Crippen LogP contribution is 2.27. The minimum atomic E-state index is 0.738. The van der Waals surface area contributed by atoms with Crippen molar-refractivity contribution in [1.82, 2.24) is 15.0 Å². The van der Waals surface area contributed by atoms with E-state index in [4.69, 9.17) is 11.6 Å². The first-order chi connectivity index (χ1) is 13.6.